The third-order valence-electron chi connectivity index (χ3n) is 4.72. The summed E-state index contributed by atoms with van der Waals surface area (Å²) in [5, 5.41) is 0. The van der Waals surface area contributed by atoms with Crippen molar-refractivity contribution in [3.8, 4) is 0 Å². The Morgan fingerprint density at radius 2 is 1.73 bits per heavy atom. The van der Waals surface area contributed by atoms with Crippen LogP contribution in [0.4, 0.5) is 16.2 Å². The van der Waals surface area contributed by atoms with Gasteiger partial charge in [-0.05, 0) is 62.1 Å². The van der Waals surface area contributed by atoms with Gasteiger partial charge in [-0.3, -0.25) is 9.69 Å². The van der Waals surface area contributed by atoms with Crippen LogP contribution in [0.3, 0.4) is 0 Å². The Hall–Kier alpha value is -2.67. The van der Waals surface area contributed by atoms with Gasteiger partial charge < -0.3 is 0 Å². The monoisotopic (exact) mass is 370 g/mol. The maximum atomic E-state index is 13.1. The highest BCUT2D eigenvalue weighted by molar-refractivity contribution is 7.94. The first-order valence-electron chi connectivity index (χ1n) is 8.46. The SMILES string of the molecule is CC(=O)c1ccc(N2C(=O)N(CC3CC3)c3ccccc3S2(=O)=O)cc1. The summed E-state index contributed by atoms with van der Waals surface area (Å²) in [5.41, 5.74) is 1.13. The summed E-state index contributed by atoms with van der Waals surface area (Å²) < 4.78 is 27.0. The lowest BCUT2D eigenvalue weighted by atomic mass is 10.1. The molecule has 0 atom stereocenters. The maximum Gasteiger partial charge on any atom is 0.343 e. The van der Waals surface area contributed by atoms with Gasteiger partial charge >= 0.3 is 6.03 Å². The van der Waals surface area contributed by atoms with E-state index < -0.39 is 16.1 Å². The first-order valence-corrected chi connectivity index (χ1v) is 9.90. The molecule has 2 amide bonds. The van der Waals surface area contributed by atoms with Crippen LogP contribution in [0.2, 0.25) is 0 Å². The molecule has 2 aromatic rings. The molecule has 6 nitrogen and oxygen atoms in total. The number of hydrogen-bond acceptors (Lipinski definition) is 4. The predicted molar refractivity (Wildman–Crippen MR) is 98.0 cm³/mol. The molecule has 0 radical (unpaired) electrons. The van der Waals surface area contributed by atoms with Gasteiger partial charge in [0, 0.05) is 12.1 Å². The average molecular weight is 370 g/mol. The molecule has 1 saturated carbocycles. The molecule has 2 aliphatic rings. The van der Waals surface area contributed by atoms with E-state index in [-0.39, 0.29) is 16.4 Å². The van der Waals surface area contributed by atoms with E-state index in [0.717, 1.165) is 17.1 Å². The Balaban J connectivity index is 1.83. The van der Waals surface area contributed by atoms with Gasteiger partial charge in [-0.2, -0.15) is 4.31 Å². The Labute approximate surface area is 152 Å². The zero-order valence-electron chi connectivity index (χ0n) is 14.3. The molecule has 1 heterocycles. The van der Waals surface area contributed by atoms with Crippen LogP contribution in [-0.2, 0) is 10.0 Å². The maximum absolute atomic E-state index is 13.1. The molecule has 0 bridgehead atoms. The number of nitrogens with zero attached hydrogens (tertiary/aromatic N) is 2. The molecule has 0 unspecified atom stereocenters. The smallest absolute Gasteiger partial charge is 0.295 e. The van der Waals surface area contributed by atoms with Gasteiger partial charge in [0.15, 0.2) is 5.78 Å². The van der Waals surface area contributed by atoms with Crippen molar-refractivity contribution < 1.29 is 18.0 Å². The first kappa shape index (κ1) is 16.8. The molecular formula is C19H18N2O4S. The molecule has 0 saturated heterocycles. The highest BCUT2D eigenvalue weighted by Crippen LogP contribution is 2.40. The number of carbonyl (C=O) groups is 2. The quantitative estimate of drug-likeness (QED) is 0.773. The molecule has 1 fully saturated rings. The number of ketones is 1. The van der Waals surface area contributed by atoms with Crippen LogP contribution < -0.4 is 9.21 Å². The summed E-state index contributed by atoms with van der Waals surface area (Å²) in [6, 6.07) is 12.1. The lowest BCUT2D eigenvalue weighted by molar-refractivity contribution is 0.101. The second-order valence-corrected chi connectivity index (χ2v) is 8.43. The van der Waals surface area contributed by atoms with Crippen LogP contribution in [-0.4, -0.2) is 26.8 Å². The zero-order valence-corrected chi connectivity index (χ0v) is 15.1. The van der Waals surface area contributed by atoms with Crippen LogP contribution in [0, 0.1) is 5.92 Å². The van der Waals surface area contributed by atoms with Crippen molar-refractivity contribution in [2.45, 2.75) is 24.7 Å². The molecule has 134 valence electrons. The Morgan fingerprint density at radius 3 is 2.35 bits per heavy atom. The van der Waals surface area contributed by atoms with Crippen molar-refractivity contribution in [3.63, 3.8) is 0 Å². The number of carbonyl (C=O) groups excluding carboxylic acids is 2. The zero-order chi connectivity index (χ0) is 18.5. The van der Waals surface area contributed by atoms with E-state index in [2.05, 4.69) is 0 Å². The van der Waals surface area contributed by atoms with Gasteiger partial charge in [-0.25, -0.2) is 13.2 Å². The highest BCUT2D eigenvalue weighted by Gasteiger charge is 2.43. The predicted octanol–water partition coefficient (Wildman–Crippen LogP) is 3.43. The standard InChI is InChI=1S/C19H18N2O4S/c1-13(22)15-8-10-16(11-9-15)21-19(23)20(12-14-6-7-14)17-4-2-3-5-18(17)26(21,24)25/h2-5,8-11,14H,6-7,12H2,1H3. The first-order chi connectivity index (χ1) is 12.4. The van der Waals surface area contributed by atoms with Crippen molar-refractivity contribution >= 4 is 33.2 Å². The van der Waals surface area contributed by atoms with Crippen molar-refractivity contribution in [2.24, 2.45) is 5.92 Å². The van der Waals surface area contributed by atoms with E-state index in [1.807, 2.05) is 0 Å². The molecule has 26 heavy (non-hydrogen) atoms. The van der Waals surface area contributed by atoms with Crippen LogP contribution in [0.15, 0.2) is 53.4 Å². The normalized spacial score (nSPS) is 18.6. The number of rotatable bonds is 4. The summed E-state index contributed by atoms with van der Waals surface area (Å²) in [4.78, 5) is 26.2. The van der Waals surface area contributed by atoms with Crippen molar-refractivity contribution in [1.82, 2.24) is 0 Å². The van der Waals surface area contributed by atoms with Crippen molar-refractivity contribution in [1.29, 1.82) is 0 Å². The number of anilines is 2. The minimum Gasteiger partial charge on any atom is -0.295 e. The lowest BCUT2D eigenvalue weighted by Crippen LogP contribution is -2.51. The molecule has 4 rings (SSSR count). The van der Waals surface area contributed by atoms with Gasteiger partial charge in [-0.1, -0.05) is 12.1 Å². The molecular weight excluding hydrogens is 352 g/mol. The van der Waals surface area contributed by atoms with Gasteiger partial charge in [0.1, 0.15) is 4.90 Å². The van der Waals surface area contributed by atoms with Gasteiger partial charge in [0.05, 0.1) is 11.4 Å². The second kappa shape index (κ2) is 5.95. The number of fused-ring (bicyclic) bond motifs is 1. The number of para-hydroxylation sites is 1. The van der Waals surface area contributed by atoms with Crippen molar-refractivity contribution in [2.75, 3.05) is 15.7 Å². The number of benzene rings is 2. The fourth-order valence-electron chi connectivity index (χ4n) is 3.13. The summed E-state index contributed by atoms with van der Waals surface area (Å²) in [6.07, 6.45) is 2.10. The van der Waals surface area contributed by atoms with Gasteiger partial charge in [-0.15, -0.1) is 0 Å². The molecule has 0 spiro atoms. The number of amides is 2. The van der Waals surface area contributed by atoms with Crippen LogP contribution in [0.25, 0.3) is 0 Å². The topological polar surface area (TPSA) is 74.8 Å². The molecule has 1 aliphatic heterocycles. The summed E-state index contributed by atoms with van der Waals surface area (Å²) >= 11 is 0. The Morgan fingerprint density at radius 1 is 1.08 bits per heavy atom. The van der Waals surface area contributed by atoms with E-state index >= 15 is 0 Å². The Bertz CT molecular complexity index is 994. The van der Waals surface area contributed by atoms with E-state index in [0.29, 0.717) is 23.7 Å². The number of Topliss-reactive ketones (excluding diaryl/α,β-unsaturated/α-hetero) is 1. The largest absolute Gasteiger partial charge is 0.343 e. The van der Waals surface area contributed by atoms with E-state index in [1.165, 1.54) is 37.3 Å². The van der Waals surface area contributed by atoms with Crippen LogP contribution in [0.1, 0.15) is 30.1 Å². The third kappa shape index (κ3) is 2.68. The highest BCUT2D eigenvalue weighted by atomic mass is 32.2. The lowest BCUT2D eigenvalue weighted by Gasteiger charge is -2.36. The minimum absolute atomic E-state index is 0.120. The van der Waals surface area contributed by atoms with Gasteiger partial charge in [0.25, 0.3) is 10.0 Å². The molecule has 0 N–H and O–H groups in total. The summed E-state index contributed by atoms with van der Waals surface area (Å²) in [5.74, 6) is 0.292. The number of sulfonamides is 1. The third-order valence-corrected chi connectivity index (χ3v) is 6.47. The van der Waals surface area contributed by atoms with Crippen molar-refractivity contribution in [3.05, 3.63) is 54.1 Å². The summed E-state index contributed by atoms with van der Waals surface area (Å²) in [6.45, 7) is 1.94. The second-order valence-electron chi connectivity index (χ2n) is 6.68. The average Bonchev–Trinajstić information content (AvgIpc) is 3.43. The van der Waals surface area contributed by atoms with Crippen LogP contribution in [0.5, 0.6) is 0 Å². The molecule has 7 heteroatoms. The van der Waals surface area contributed by atoms with E-state index in [1.54, 1.807) is 23.1 Å². The Kier molecular flexibility index (Phi) is 3.84. The number of hydrogen-bond donors (Lipinski definition) is 0. The molecule has 0 aromatic heterocycles. The number of urea groups is 1. The van der Waals surface area contributed by atoms with Crippen LogP contribution >= 0.6 is 0 Å². The molecule has 2 aromatic carbocycles. The van der Waals surface area contributed by atoms with E-state index in [4.69, 9.17) is 0 Å². The fourth-order valence-corrected chi connectivity index (χ4v) is 4.72. The van der Waals surface area contributed by atoms with Gasteiger partial charge in [0.2, 0.25) is 0 Å². The molecule has 1 aliphatic carbocycles. The van der Waals surface area contributed by atoms with E-state index in [9.17, 15) is 18.0 Å². The summed E-state index contributed by atoms with van der Waals surface area (Å²) in [7, 11) is -4.01. The fraction of sp³-hybridized carbons (Fsp3) is 0.263. The minimum atomic E-state index is -4.01.